The summed E-state index contributed by atoms with van der Waals surface area (Å²) in [5, 5.41) is 3.64. The molecule has 2 rings (SSSR count). The van der Waals surface area contributed by atoms with E-state index >= 15 is 0 Å². The van der Waals surface area contributed by atoms with E-state index in [1.807, 2.05) is 12.1 Å². The molecule has 3 N–H and O–H groups in total. The summed E-state index contributed by atoms with van der Waals surface area (Å²) in [5.74, 6) is 0. The summed E-state index contributed by atoms with van der Waals surface area (Å²) in [6.45, 7) is 8.45. The van der Waals surface area contributed by atoms with Crippen LogP contribution < -0.4 is 11.1 Å². The Morgan fingerprint density at radius 2 is 2.21 bits per heavy atom. The van der Waals surface area contributed by atoms with Gasteiger partial charge in [0.1, 0.15) is 0 Å². The van der Waals surface area contributed by atoms with Crippen LogP contribution in [0.15, 0.2) is 24.3 Å². The molecule has 106 valence electrons. The Morgan fingerprint density at radius 3 is 2.84 bits per heavy atom. The third kappa shape index (κ3) is 3.28. The van der Waals surface area contributed by atoms with Crippen LogP contribution in [0.5, 0.6) is 0 Å². The van der Waals surface area contributed by atoms with Crippen LogP contribution in [-0.2, 0) is 11.2 Å². The lowest BCUT2D eigenvalue weighted by Crippen LogP contribution is -2.61. The molecule has 0 radical (unpaired) electrons. The molecule has 3 heteroatoms. The number of benzene rings is 1. The fourth-order valence-corrected chi connectivity index (χ4v) is 2.86. The molecule has 1 aromatic rings. The van der Waals surface area contributed by atoms with Gasteiger partial charge in [0.15, 0.2) is 0 Å². The molecular weight excluding hydrogens is 236 g/mol. The van der Waals surface area contributed by atoms with E-state index in [9.17, 15) is 0 Å². The van der Waals surface area contributed by atoms with Crippen LogP contribution in [0.2, 0.25) is 0 Å². The number of ether oxygens (including phenoxy) is 1. The molecular formula is C16H26N2O. The van der Waals surface area contributed by atoms with Crippen molar-refractivity contribution < 1.29 is 4.74 Å². The highest BCUT2D eigenvalue weighted by Crippen LogP contribution is 2.42. The van der Waals surface area contributed by atoms with Crippen molar-refractivity contribution >= 4 is 5.69 Å². The Bertz CT molecular complexity index is 417. The van der Waals surface area contributed by atoms with Crippen molar-refractivity contribution in [2.24, 2.45) is 5.41 Å². The number of hydrogen-bond acceptors (Lipinski definition) is 3. The normalized spacial score (nSPS) is 25.0. The fourth-order valence-electron chi connectivity index (χ4n) is 2.86. The van der Waals surface area contributed by atoms with Gasteiger partial charge < -0.3 is 15.8 Å². The summed E-state index contributed by atoms with van der Waals surface area (Å²) < 4.78 is 5.75. The average Bonchev–Trinajstić information content (AvgIpc) is 2.37. The first kappa shape index (κ1) is 14.4. The van der Waals surface area contributed by atoms with E-state index in [0.717, 1.165) is 31.7 Å². The maximum atomic E-state index is 5.79. The lowest BCUT2D eigenvalue weighted by molar-refractivity contribution is -0.113. The van der Waals surface area contributed by atoms with E-state index in [4.69, 9.17) is 10.5 Å². The lowest BCUT2D eigenvalue weighted by Gasteiger charge is -2.52. The molecule has 2 unspecified atom stereocenters. The van der Waals surface area contributed by atoms with E-state index in [2.05, 4.69) is 38.2 Å². The smallest absolute Gasteiger partial charge is 0.0655 e. The highest BCUT2D eigenvalue weighted by molar-refractivity contribution is 5.40. The molecule has 0 aliphatic heterocycles. The van der Waals surface area contributed by atoms with Gasteiger partial charge in [-0.05, 0) is 44.0 Å². The summed E-state index contributed by atoms with van der Waals surface area (Å²) in [7, 11) is 0. The van der Waals surface area contributed by atoms with E-state index in [1.54, 1.807) is 0 Å². The third-order valence-electron chi connectivity index (χ3n) is 4.30. The molecule has 0 heterocycles. The summed E-state index contributed by atoms with van der Waals surface area (Å²) in [6, 6.07) is 8.69. The molecule has 0 saturated heterocycles. The summed E-state index contributed by atoms with van der Waals surface area (Å²) in [5.41, 5.74) is 8.17. The Kier molecular flexibility index (Phi) is 4.48. The standard InChI is InChI=1S/C16H26N2O/c1-4-19-15-11-14(16(15,2)3)18-9-8-12-6-5-7-13(17)10-12/h5-7,10,14-15,18H,4,8-9,11,17H2,1-3H3. The number of nitrogens with two attached hydrogens (primary N) is 1. The van der Waals surface area contributed by atoms with Gasteiger partial charge in [0.2, 0.25) is 0 Å². The summed E-state index contributed by atoms with van der Waals surface area (Å²) >= 11 is 0. The SMILES string of the molecule is CCOC1CC(NCCc2cccc(N)c2)C1(C)C. The second-order valence-corrected chi connectivity index (χ2v) is 6.00. The number of hydrogen-bond donors (Lipinski definition) is 2. The van der Waals surface area contributed by atoms with Crippen molar-refractivity contribution in [1.82, 2.24) is 5.32 Å². The topological polar surface area (TPSA) is 47.3 Å². The molecule has 1 aliphatic carbocycles. The maximum absolute atomic E-state index is 5.79. The van der Waals surface area contributed by atoms with Crippen LogP contribution in [0.25, 0.3) is 0 Å². The maximum Gasteiger partial charge on any atom is 0.0655 e. The van der Waals surface area contributed by atoms with Gasteiger partial charge in [-0.15, -0.1) is 0 Å². The number of nitrogens with one attached hydrogen (secondary N) is 1. The van der Waals surface area contributed by atoms with Crippen LogP contribution in [0.4, 0.5) is 5.69 Å². The zero-order valence-electron chi connectivity index (χ0n) is 12.3. The van der Waals surface area contributed by atoms with Gasteiger partial charge in [-0.3, -0.25) is 0 Å². The molecule has 2 atom stereocenters. The zero-order valence-corrected chi connectivity index (χ0v) is 12.3. The molecule has 1 fully saturated rings. The number of rotatable bonds is 6. The molecule has 0 amide bonds. The largest absolute Gasteiger partial charge is 0.399 e. The Balaban J connectivity index is 1.75. The van der Waals surface area contributed by atoms with Crippen molar-refractivity contribution in [3.05, 3.63) is 29.8 Å². The summed E-state index contributed by atoms with van der Waals surface area (Å²) in [6.07, 6.45) is 2.55. The Morgan fingerprint density at radius 1 is 1.42 bits per heavy atom. The van der Waals surface area contributed by atoms with E-state index in [1.165, 1.54) is 5.56 Å². The van der Waals surface area contributed by atoms with Crippen molar-refractivity contribution in [2.45, 2.75) is 45.8 Å². The monoisotopic (exact) mass is 262 g/mol. The highest BCUT2D eigenvalue weighted by atomic mass is 16.5. The minimum Gasteiger partial charge on any atom is -0.399 e. The predicted molar refractivity (Wildman–Crippen MR) is 80.2 cm³/mol. The molecule has 3 nitrogen and oxygen atoms in total. The Labute approximate surface area is 116 Å². The van der Waals surface area contributed by atoms with Crippen LogP contribution in [0.3, 0.4) is 0 Å². The molecule has 1 aliphatic rings. The van der Waals surface area contributed by atoms with Crippen LogP contribution >= 0.6 is 0 Å². The molecule has 0 bridgehead atoms. The minimum absolute atomic E-state index is 0.242. The van der Waals surface area contributed by atoms with Crippen molar-refractivity contribution in [1.29, 1.82) is 0 Å². The lowest BCUT2D eigenvalue weighted by atomic mass is 9.64. The number of anilines is 1. The van der Waals surface area contributed by atoms with Gasteiger partial charge in [-0.1, -0.05) is 26.0 Å². The molecule has 0 aromatic heterocycles. The van der Waals surface area contributed by atoms with Crippen molar-refractivity contribution in [3.63, 3.8) is 0 Å². The second kappa shape index (κ2) is 5.93. The zero-order chi connectivity index (χ0) is 13.9. The Hall–Kier alpha value is -1.06. The van der Waals surface area contributed by atoms with Crippen molar-refractivity contribution in [3.8, 4) is 0 Å². The van der Waals surface area contributed by atoms with Gasteiger partial charge in [0.25, 0.3) is 0 Å². The number of nitrogen functional groups attached to an aromatic ring is 1. The van der Waals surface area contributed by atoms with Gasteiger partial charge in [-0.25, -0.2) is 0 Å². The molecule has 0 spiro atoms. The first-order valence-electron chi connectivity index (χ1n) is 7.23. The third-order valence-corrected chi connectivity index (χ3v) is 4.30. The van der Waals surface area contributed by atoms with E-state index < -0.39 is 0 Å². The highest BCUT2D eigenvalue weighted by Gasteiger charge is 2.48. The average molecular weight is 262 g/mol. The van der Waals surface area contributed by atoms with Gasteiger partial charge >= 0.3 is 0 Å². The van der Waals surface area contributed by atoms with Gasteiger partial charge in [0, 0.05) is 23.8 Å². The van der Waals surface area contributed by atoms with Crippen LogP contribution in [0, 0.1) is 5.41 Å². The van der Waals surface area contributed by atoms with E-state index in [0.29, 0.717) is 12.1 Å². The second-order valence-electron chi connectivity index (χ2n) is 6.00. The van der Waals surface area contributed by atoms with E-state index in [-0.39, 0.29) is 5.41 Å². The van der Waals surface area contributed by atoms with Crippen LogP contribution in [-0.4, -0.2) is 25.3 Å². The van der Waals surface area contributed by atoms with Crippen LogP contribution in [0.1, 0.15) is 32.8 Å². The van der Waals surface area contributed by atoms with Crippen molar-refractivity contribution in [2.75, 3.05) is 18.9 Å². The van der Waals surface area contributed by atoms with Gasteiger partial charge in [-0.2, -0.15) is 0 Å². The summed E-state index contributed by atoms with van der Waals surface area (Å²) in [4.78, 5) is 0. The molecule has 19 heavy (non-hydrogen) atoms. The first-order chi connectivity index (χ1) is 9.04. The molecule has 1 saturated carbocycles. The quantitative estimate of drug-likeness (QED) is 0.775. The first-order valence-corrected chi connectivity index (χ1v) is 7.23. The fraction of sp³-hybridized carbons (Fsp3) is 0.625. The predicted octanol–water partition coefficient (Wildman–Crippen LogP) is 2.60. The molecule has 1 aromatic carbocycles. The minimum atomic E-state index is 0.242. The van der Waals surface area contributed by atoms with Gasteiger partial charge in [0.05, 0.1) is 6.10 Å².